The van der Waals surface area contributed by atoms with Gasteiger partial charge in [-0.05, 0) is 61.7 Å². The van der Waals surface area contributed by atoms with Gasteiger partial charge in [-0.15, -0.1) is 0 Å². The molecule has 0 amide bonds. The molecule has 24 heavy (non-hydrogen) atoms. The Hall–Kier alpha value is -1.94. The summed E-state index contributed by atoms with van der Waals surface area (Å²) in [5.74, 6) is 3.68. The summed E-state index contributed by atoms with van der Waals surface area (Å²) in [6.07, 6.45) is 3.81. The molecule has 0 fully saturated rings. The predicted molar refractivity (Wildman–Crippen MR) is 97.0 cm³/mol. The van der Waals surface area contributed by atoms with E-state index in [9.17, 15) is 0 Å². The van der Waals surface area contributed by atoms with Gasteiger partial charge < -0.3 is 19.2 Å². The highest BCUT2D eigenvalue weighted by Gasteiger charge is 2.17. The molecule has 0 unspecified atom stereocenters. The summed E-state index contributed by atoms with van der Waals surface area (Å²) in [4.78, 5) is 0. The Morgan fingerprint density at radius 1 is 1.04 bits per heavy atom. The number of benzene rings is 1. The zero-order chi connectivity index (χ0) is 17.4. The monoisotopic (exact) mass is 331 g/mol. The van der Waals surface area contributed by atoms with Crippen LogP contribution in [0.15, 0.2) is 41.0 Å². The van der Waals surface area contributed by atoms with E-state index in [1.54, 1.807) is 20.5 Å². The normalized spacial score (nSPS) is 12.4. The average Bonchev–Trinajstić information content (AvgIpc) is 3.11. The molecule has 0 bridgehead atoms. The van der Waals surface area contributed by atoms with Crippen molar-refractivity contribution in [3.8, 4) is 11.5 Å². The fraction of sp³-hybridized carbons (Fsp3) is 0.500. The second-order valence-corrected chi connectivity index (χ2v) is 6.34. The molecule has 1 aromatic carbocycles. The van der Waals surface area contributed by atoms with Crippen molar-refractivity contribution in [3.63, 3.8) is 0 Å². The lowest BCUT2D eigenvalue weighted by molar-refractivity contribution is 0.354. The van der Waals surface area contributed by atoms with Crippen molar-refractivity contribution in [2.75, 3.05) is 27.3 Å². The minimum atomic E-state index is 0.466. The molecule has 4 heteroatoms. The van der Waals surface area contributed by atoms with E-state index in [0.29, 0.717) is 11.8 Å². The van der Waals surface area contributed by atoms with Crippen LogP contribution in [0.1, 0.15) is 37.5 Å². The van der Waals surface area contributed by atoms with Gasteiger partial charge in [0.1, 0.15) is 5.76 Å². The lowest BCUT2D eigenvalue weighted by atomic mass is 9.90. The Bertz CT molecular complexity index is 593. The van der Waals surface area contributed by atoms with E-state index >= 15 is 0 Å². The van der Waals surface area contributed by atoms with Crippen molar-refractivity contribution in [1.29, 1.82) is 0 Å². The smallest absolute Gasteiger partial charge is 0.160 e. The number of rotatable bonds is 10. The van der Waals surface area contributed by atoms with Crippen LogP contribution in [0.3, 0.4) is 0 Å². The Morgan fingerprint density at radius 3 is 2.46 bits per heavy atom. The maximum Gasteiger partial charge on any atom is 0.160 e. The van der Waals surface area contributed by atoms with Crippen molar-refractivity contribution < 1.29 is 13.9 Å². The van der Waals surface area contributed by atoms with E-state index in [2.05, 4.69) is 31.3 Å². The van der Waals surface area contributed by atoms with Crippen molar-refractivity contribution in [1.82, 2.24) is 5.32 Å². The lowest BCUT2D eigenvalue weighted by Crippen LogP contribution is -2.21. The van der Waals surface area contributed by atoms with E-state index in [-0.39, 0.29) is 0 Å². The Balaban J connectivity index is 1.76. The Kier molecular flexibility index (Phi) is 7.19. The van der Waals surface area contributed by atoms with Crippen molar-refractivity contribution in [2.45, 2.75) is 32.6 Å². The molecule has 0 saturated carbocycles. The molecule has 1 N–H and O–H groups in total. The molecule has 0 aliphatic carbocycles. The number of nitrogens with one attached hydrogen (secondary N) is 1. The lowest BCUT2D eigenvalue weighted by Gasteiger charge is -2.18. The van der Waals surface area contributed by atoms with Gasteiger partial charge in [-0.25, -0.2) is 0 Å². The van der Waals surface area contributed by atoms with Crippen LogP contribution in [-0.4, -0.2) is 27.3 Å². The molecule has 4 nitrogen and oxygen atoms in total. The second-order valence-electron chi connectivity index (χ2n) is 6.34. The van der Waals surface area contributed by atoms with Crippen molar-refractivity contribution in [2.24, 2.45) is 5.92 Å². The van der Waals surface area contributed by atoms with E-state index in [4.69, 9.17) is 13.9 Å². The van der Waals surface area contributed by atoms with Gasteiger partial charge in [0, 0.05) is 5.92 Å². The molecule has 2 aromatic rings. The molecule has 0 aliphatic rings. The summed E-state index contributed by atoms with van der Waals surface area (Å²) in [6, 6.07) is 10.1. The number of hydrogen-bond donors (Lipinski definition) is 1. The van der Waals surface area contributed by atoms with Crippen molar-refractivity contribution >= 4 is 0 Å². The van der Waals surface area contributed by atoms with E-state index in [1.165, 1.54) is 5.56 Å². The topological polar surface area (TPSA) is 43.6 Å². The van der Waals surface area contributed by atoms with Gasteiger partial charge in [0.25, 0.3) is 0 Å². The summed E-state index contributed by atoms with van der Waals surface area (Å²) in [7, 11) is 3.32. The van der Waals surface area contributed by atoms with Crippen LogP contribution in [-0.2, 0) is 6.42 Å². The maximum atomic E-state index is 5.58. The first kappa shape index (κ1) is 18.4. The van der Waals surface area contributed by atoms with Crippen LogP contribution in [0.4, 0.5) is 0 Å². The highest BCUT2D eigenvalue weighted by molar-refractivity contribution is 5.42. The minimum Gasteiger partial charge on any atom is -0.493 e. The Morgan fingerprint density at radius 2 is 1.83 bits per heavy atom. The van der Waals surface area contributed by atoms with Crippen LogP contribution in [0.25, 0.3) is 0 Å². The van der Waals surface area contributed by atoms with Gasteiger partial charge in [0.2, 0.25) is 0 Å². The molecule has 1 atom stereocenters. The first-order valence-corrected chi connectivity index (χ1v) is 8.60. The summed E-state index contributed by atoms with van der Waals surface area (Å²) < 4.78 is 16.2. The van der Waals surface area contributed by atoms with Crippen LogP contribution >= 0.6 is 0 Å². The number of furan rings is 1. The van der Waals surface area contributed by atoms with Crippen LogP contribution in [0.2, 0.25) is 0 Å². The van der Waals surface area contributed by atoms with Crippen LogP contribution in [0.5, 0.6) is 11.5 Å². The molecule has 1 heterocycles. The first-order valence-electron chi connectivity index (χ1n) is 8.60. The fourth-order valence-electron chi connectivity index (χ4n) is 2.96. The van der Waals surface area contributed by atoms with Gasteiger partial charge in [0.15, 0.2) is 11.5 Å². The molecule has 0 aliphatic heterocycles. The van der Waals surface area contributed by atoms with Crippen LogP contribution < -0.4 is 14.8 Å². The van der Waals surface area contributed by atoms with Crippen molar-refractivity contribution in [3.05, 3.63) is 47.9 Å². The minimum absolute atomic E-state index is 0.466. The molecule has 2 rings (SSSR count). The zero-order valence-electron chi connectivity index (χ0n) is 15.2. The molecular formula is C20H29NO3. The van der Waals surface area contributed by atoms with Gasteiger partial charge in [-0.3, -0.25) is 0 Å². The van der Waals surface area contributed by atoms with Gasteiger partial charge in [-0.1, -0.05) is 19.9 Å². The quantitative estimate of drug-likeness (QED) is 0.661. The fourth-order valence-corrected chi connectivity index (χ4v) is 2.96. The summed E-state index contributed by atoms with van der Waals surface area (Å²) >= 11 is 0. The van der Waals surface area contributed by atoms with Gasteiger partial charge in [-0.2, -0.15) is 0 Å². The number of ether oxygens (including phenoxy) is 2. The number of hydrogen-bond acceptors (Lipinski definition) is 4. The SMILES string of the molecule is COc1ccc(CCNCC[C@@H](c2ccco2)C(C)C)cc1OC. The van der Waals surface area contributed by atoms with Gasteiger partial charge in [0.05, 0.1) is 20.5 Å². The first-order chi connectivity index (χ1) is 11.7. The molecule has 132 valence electrons. The third-order valence-corrected chi connectivity index (χ3v) is 4.38. The van der Waals surface area contributed by atoms with Crippen LogP contribution in [0, 0.1) is 5.92 Å². The van der Waals surface area contributed by atoms with Gasteiger partial charge >= 0.3 is 0 Å². The third kappa shape index (κ3) is 5.03. The number of methoxy groups -OCH3 is 2. The summed E-state index contributed by atoms with van der Waals surface area (Å²) in [6.45, 7) is 6.42. The molecule has 0 radical (unpaired) electrons. The molecule has 0 saturated heterocycles. The van der Waals surface area contributed by atoms with E-state index in [1.807, 2.05) is 18.2 Å². The Labute approximate surface area is 145 Å². The summed E-state index contributed by atoms with van der Waals surface area (Å²) in [5, 5.41) is 3.53. The highest BCUT2D eigenvalue weighted by Crippen LogP contribution is 2.28. The molecule has 1 aromatic heterocycles. The second kappa shape index (κ2) is 9.38. The van der Waals surface area contributed by atoms with E-state index in [0.717, 1.165) is 43.2 Å². The maximum absolute atomic E-state index is 5.58. The molecular weight excluding hydrogens is 302 g/mol. The predicted octanol–water partition coefficient (Wildman–Crippen LogP) is 4.26. The van der Waals surface area contributed by atoms with E-state index < -0.39 is 0 Å². The zero-order valence-corrected chi connectivity index (χ0v) is 15.2. The average molecular weight is 331 g/mol. The highest BCUT2D eigenvalue weighted by atomic mass is 16.5. The third-order valence-electron chi connectivity index (χ3n) is 4.38. The standard InChI is InChI=1S/C20H29NO3/c1-15(2)17(18-6-5-13-24-18)10-12-21-11-9-16-7-8-19(22-3)20(14-16)23-4/h5-8,13-15,17,21H,9-12H2,1-4H3/t17-/m1/s1. The molecule has 0 spiro atoms. The largest absolute Gasteiger partial charge is 0.493 e. The summed E-state index contributed by atoms with van der Waals surface area (Å²) in [5.41, 5.74) is 1.24.